The summed E-state index contributed by atoms with van der Waals surface area (Å²) in [6, 6.07) is 8.80. The van der Waals surface area contributed by atoms with Gasteiger partial charge in [-0.2, -0.15) is 0 Å². The minimum Gasteiger partial charge on any atom is -0.504 e. The van der Waals surface area contributed by atoms with Crippen LogP contribution in [0.3, 0.4) is 0 Å². The van der Waals surface area contributed by atoms with Crippen molar-refractivity contribution in [3.63, 3.8) is 0 Å². The topological polar surface area (TPSA) is 66.8 Å². The van der Waals surface area contributed by atoms with Gasteiger partial charge in [0.2, 0.25) is 0 Å². The largest absolute Gasteiger partial charge is 0.504 e. The SMILES string of the molecule is COc1cc(/C=C/C(=O)O)c2ccccc2c1O. The van der Waals surface area contributed by atoms with Crippen LogP contribution in [0.2, 0.25) is 0 Å². The third-order valence-electron chi connectivity index (χ3n) is 2.64. The lowest BCUT2D eigenvalue weighted by Gasteiger charge is -2.09. The van der Waals surface area contributed by atoms with Gasteiger partial charge in [-0.25, -0.2) is 4.79 Å². The van der Waals surface area contributed by atoms with Crippen molar-refractivity contribution in [2.24, 2.45) is 0 Å². The number of carboxylic acid groups (broad SMARTS) is 1. The molecule has 2 aromatic carbocycles. The normalized spacial score (nSPS) is 10.9. The van der Waals surface area contributed by atoms with Gasteiger partial charge >= 0.3 is 5.97 Å². The van der Waals surface area contributed by atoms with Crippen LogP contribution >= 0.6 is 0 Å². The van der Waals surface area contributed by atoms with Gasteiger partial charge in [0.1, 0.15) is 0 Å². The molecule has 0 heterocycles. The molecule has 0 radical (unpaired) electrons. The number of phenolic OH excluding ortho intramolecular Hbond substituents is 1. The van der Waals surface area contributed by atoms with E-state index in [1.165, 1.54) is 13.2 Å². The standard InChI is InChI=1S/C14H12O4/c1-18-12-8-9(6-7-13(15)16)10-4-2-3-5-11(10)14(12)17/h2-8,17H,1H3,(H,15,16)/b7-6+. The molecule has 0 atom stereocenters. The fourth-order valence-corrected chi connectivity index (χ4v) is 1.82. The van der Waals surface area contributed by atoms with Crippen LogP contribution in [0, 0.1) is 0 Å². The summed E-state index contributed by atoms with van der Waals surface area (Å²) in [5.74, 6) is -0.648. The first-order valence-electron chi connectivity index (χ1n) is 5.33. The first-order valence-corrected chi connectivity index (χ1v) is 5.33. The van der Waals surface area contributed by atoms with Crippen molar-refractivity contribution >= 4 is 22.8 Å². The Morgan fingerprint density at radius 3 is 2.56 bits per heavy atom. The Kier molecular flexibility index (Phi) is 3.19. The van der Waals surface area contributed by atoms with E-state index < -0.39 is 5.97 Å². The van der Waals surface area contributed by atoms with E-state index in [1.807, 2.05) is 12.1 Å². The summed E-state index contributed by atoms with van der Waals surface area (Å²) in [4.78, 5) is 10.6. The van der Waals surface area contributed by atoms with Crippen LogP contribution in [0.5, 0.6) is 11.5 Å². The molecule has 0 aromatic heterocycles. The molecular formula is C14H12O4. The highest BCUT2D eigenvalue weighted by atomic mass is 16.5. The number of fused-ring (bicyclic) bond motifs is 1. The fraction of sp³-hybridized carbons (Fsp3) is 0.0714. The molecule has 0 aliphatic rings. The number of hydrogen-bond donors (Lipinski definition) is 2. The Balaban J connectivity index is 2.72. The summed E-state index contributed by atoms with van der Waals surface area (Å²) in [5, 5.41) is 20.0. The molecule has 4 nitrogen and oxygen atoms in total. The van der Waals surface area contributed by atoms with Gasteiger partial charge in [0.25, 0.3) is 0 Å². The van der Waals surface area contributed by atoms with E-state index in [-0.39, 0.29) is 5.75 Å². The highest BCUT2D eigenvalue weighted by Gasteiger charge is 2.09. The molecule has 2 N–H and O–H groups in total. The zero-order chi connectivity index (χ0) is 13.1. The van der Waals surface area contributed by atoms with E-state index in [0.29, 0.717) is 16.7 Å². The summed E-state index contributed by atoms with van der Waals surface area (Å²) in [7, 11) is 1.45. The smallest absolute Gasteiger partial charge is 0.328 e. The molecule has 0 aliphatic carbocycles. The number of aromatic hydroxyl groups is 1. The minimum absolute atomic E-state index is 0.0561. The molecule has 0 fully saturated rings. The Morgan fingerprint density at radius 1 is 1.28 bits per heavy atom. The quantitative estimate of drug-likeness (QED) is 0.814. The van der Waals surface area contributed by atoms with Gasteiger partial charge in [-0.1, -0.05) is 24.3 Å². The maximum atomic E-state index is 10.6. The third kappa shape index (κ3) is 2.13. The number of carboxylic acids is 1. The van der Waals surface area contributed by atoms with E-state index >= 15 is 0 Å². The van der Waals surface area contributed by atoms with E-state index in [1.54, 1.807) is 18.2 Å². The molecule has 4 heteroatoms. The lowest BCUT2D eigenvalue weighted by molar-refractivity contribution is -0.131. The molecule has 0 saturated heterocycles. The van der Waals surface area contributed by atoms with Crippen LogP contribution in [-0.2, 0) is 4.79 Å². The number of carbonyl (C=O) groups is 1. The van der Waals surface area contributed by atoms with Crippen molar-refractivity contribution in [3.8, 4) is 11.5 Å². The lowest BCUT2D eigenvalue weighted by Crippen LogP contribution is -1.89. The van der Waals surface area contributed by atoms with Crippen molar-refractivity contribution in [1.29, 1.82) is 0 Å². The summed E-state index contributed by atoms with van der Waals surface area (Å²) in [5.41, 5.74) is 0.683. The van der Waals surface area contributed by atoms with Crippen LogP contribution in [0.1, 0.15) is 5.56 Å². The molecule has 0 amide bonds. The summed E-state index contributed by atoms with van der Waals surface area (Å²) in [6.45, 7) is 0. The molecule has 0 unspecified atom stereocenters. The summed E-state index contributed by atoms with van der Waals surface area (Å²) in [6.07, 6.45) is 2.53. The van der Waals surface area contributed by atoms with Crippen molar-refractivity contribution in [2.75, 3.05) is 7.11 Å². The average Bonchev–Trinajstić information content (AvgIpc) is 2.38. The highest BCUT2D eigenvalue weighted by Crippen LogP contribution is 2.37. The second-order valence-corrected chi connectivity index (χ2v) is 3.73. The van der Waals surface area contributed by atoms with Gasteiger partial charge in [0.15, 0.2) is 11.5 Å². The van der Waals surface area contributed by atoms with Crippen LogP contribution in [0.15, 0.2) is 36.4 Å². The monoisotopic (exact) mass is 244 g/mol. The Labute approximate surface area is 104 Å². The number of benzene rings is 2. The molecule has 0 aliphatic heterocycles. The summed E-state index contributed by atoms with van der Waals surface area (Å²) >= 11 is 0. The molecule has 92 valence electrons. The number of phenols is 1. The maximum Gasteiger partial charge on any atom is 0.328 e. The van der Waals surface area contributed by atoms with Crippen LogP contribution in [-0.4, -0.2) is 23.3 Å². The lowest BCUT2D eigenvalue weighted by atomic mass is 10.0. The Bertz CT molecular complexity index is 629. The molecule has 0 saturated carbocycles. The number of methoxy groups -OCH3 is 1. The summed E-state index contributed by atoms with van der Waals surface area (Å²) < 4.78 is 5.07. The molecule has 0 spiro atoms. The first-order chi connectivity index (χ1) is 8.63. The Hall–Kier alpha value is -2.49. The Morgan fingerprint density at radius 2 is 1.94 bits per heavy atom. The van der Waals surface area contributed by atoms with E-state index in [0.717, 1.165) is 11.5 Å². The van der Waals surface area contributed by atoms with Gasteiger partial charge in [0, 0.05) is 11.5 Å². The van der Waals surface area contributed by atoms with Crippen molar-refractivity contribution in [2.45, 2.75) is 0 Å². The number of aliphatic carboxylic acids is 1. The molecule has 18 heavy (non-hydrogen) atoms. The predicted octanol–water partition coefficient (Wildman–Crippen LogP) is 2.65. The zero-order valence-corrected chi connectivity index (χ0v) is 9.75. The first kappa shape index (κ1) is 12.0. The number of hydrogen-bond acceptors (Lipinski definition) is 3. The molecule has 0 bridgehead atoms. The van der Waals surface area contributed by atoms with Crippen molar-refractivity contribution in [1.82, 2.24) is 0 Å². The fourth-order valence-electron chi connectivity index (χ4n) is 1.82. The number of rotatable bonds is 3. The second kappa shape index (κ2) is 4.79. The van der Waals surface area contributed by atoms with Gasteiger partial charge in [0.05, 0.1) is 7.11 Å². The minimum atomic E-state index is -1.02. The number of ether oxygens (including phenoxy) is 1. The predicted molar refractivity (Wildman–Crippen MR) is 68.8 cm³/mol. The van der Waals surface area contributed by atoms with E-state index in [2.05, 4.69) is 0 Å². The van der Waals surface area contributed by atoms with Crippen LogP contribution in [0.25, 0.3) is 16.8 Å². The van der Waals surface area contributed by atoms with Crippen molar-refractivity contribution < 1.29 is 19.7 Å². The third-order valence-corrected chi connectivity index (χ3v) is 2.64. The van der Waals surface area contributed by atoms with Crippen LogP contribution < -0.4 is 4.74 Å². The second-order valence-electron chi connectivity index (χ2n) is 3.73. The zero-order valence-electron chi connectivity index (χ0n) is 9.75. The van der Waals surface area contributed by atoms with Crippen molar-refractivity contribution in [3.05, 3.63) is 42.0 Å². The molecule has 2 aromatic rings. The van der Waals surface area contributed by atoms with Gasteiger partial charge in [-0.3, -0.25) is 0 Å². The van der Waals surface area contributed by atoms with Gasteiger partial charge in [-0.05, 0) is 23.1 Å². The maximum absolute atomic E-state index is 10.6. The van der Waals surface area contributed by atoms with Gasteiger partial charge in [-0.15, -0.1) is 0 Å². The van der Waals surface area contributed by atoms with E-state index in [4.69, 9.17) is 9.84 Å². The van der Waals surface area contributed by atoms with Gasteiger partial charge < -0.3 is 14.9 Å². The average molecular weight is 244 g/mol. The van der Waals surface area contributed by atoms with E-state index in [9.17, 15) is 9.90 Å². The molecule has 2 rings (SSSR count). The van der Waals surface area contributed by atoms with Crippen LogP contribution in [0.4, 0.5) is 0 Å². The highest BCUT2D eigenvalue weighted by molar-refractivity contribution is 5.98. The molecular weight excluding hydrogens is 232 g/mol.